The van der Waals surface area contributed by atoms with Crippen molar-refractivity contribution in [1.29, 1.82) is 0 Å². The fourth-order valence-corrected chi connectivity index (χ4v) is 9.87. The number of fused-ring (bicyclic) bond motifs is 1. The minimum Gasteiger partial charge on any atom is -0.368 e. The highest BCUT2D eigenvalue weighted by Gasteiger charge is 2.37. The number of primary amides is 1. The quantitative estimate of drug-likeness (QED) is 0.0338. The normalized spacial score (nSPS) is 16.3. The van der Waals surface area contributed by atoms with E-state index in [0.29, 0.717) is 49.3 Å². The maximum Gasteiger partial charge on any atom is 0.245 e. The largest absolute Gasteiger partial charge is 0.368 e. The summed E-state index contributed by atoms with van der Waals surface area (Å²) in [7, 11) is 0. The molecule has 0 radical (unpaired) electrons. The monoisotopic (exact) mass is 1090 g/mol. The first-order valence-corrected chi connectivity index (χ1v) is 27.2. The van der Waals surface area contributed by atoms with Crippen molar-refractivity contribution in [3.8, 4) is 0 Å². The van der Waals surface area contributed by atoms with Gasteiger partial charge in [0.05, 0.1) is 18.7 Å². The zero-order valence-corrected chi connectivity index (χ0v) is 45.8. The van der Waals surface area contributed by atoms with Crippen LogP contribution in [0.15, 0.2) is 116 Å². The number of nitrogens with two attached hydrogens (primary N) is 1. The Morgan fingerprint density at radius 1 is 0.613 bits per heavy atom. The van der Waals surface area contributed by atoms with Crippen molar-refractivity contribution in [2.24, 2.45) is 11.7 Å². The zero-order valence-electron chi connectivity index (χ0n) is 45.8. The Bertz CT molecular complexity index is 3020. The van der Waals surface area contributed by atoms with Crippen LogP contribution in [0.2, 0.25) is 0 Å². The minimum absolute atomic E-state index is 0.000594. The lowest BCUT2D eigenvalue weighted by atomic mass is 9.97. The average molecular weight is 1100 g/mol. The smallest absolute Gasteiger partial charge is 0.245 e. The minimum atomic E-state index is -1.25. The van der Waals surface area contributed by atoms with Crippen molar-refractivity contribution in [2.45, 2.75) is 134 Å². The van der Waals surface area contributed by atoms with Gasteiger partial charge in [0.1, 0.15) is 36.3 Å². The number of hydrogen-bond donors (Lipinski definition) is 11. The number of likely N-dealkylation sites (tertiary alicyclic amines) is 1. The molecule has 12 N–H and O–H groups in total. The van der Waals surface area contributed by atoms with E-state index in [9.17, 15) is 38.4 Å². The molecular formula is C58H74N14O8. The zero-order chi connectivity index (χ0) is 57.3. The molecule has 1 fully saturated rings. The Hall–Kier alpha value is -8.66. The number of nitrogens with zero attached hydrogens (tertiary/aromatic N) is 3. The summed E-state index contributed by atoms with van der Waals surface area (Å²) in [4.78, 5) is 130. The number of aromatic amines is 3. The van der Waals surface area contributed by atoms with E-state index >= 15 is 0 Å². The predicted molar refractivity (Wildman–Crippen MR) is 300 cm³/mol. The molecule has 424 valence electrons. The van der Waals surface area contributed by atoms with E-state index in [4.69, 9.17) is 5.73 Å². The van der Waals surface area contributed by atoms with Crippen molar-refractivity contribution in [2.75, 3.05) is 13.1 Å². The van der Waals surface area contributed by atoms with Gasteiger partial charge in [-0.05, 0) is 67.7 Å². The van der Waals surface area contributed by atoms with Crippen molar-refractivity contribution < 1.29 is 38.4 Å². The molecule has 6 aromatic rings. The van der Waals surface area contributed by atoms with Crippen LogP contribution in [0.1, 0.15) is 87.9 Å². The van der Waals surface area contributed by atoms with Crippen LogP contribution in [0.4, 0.5) is 0 Å². The van der Waals surface area contributed by atoms with Crippen LogP contribution < -0.4 is 43.0 Å². The molecule has 1 saturated heterocycles. The number of amides is 8. The van der Waals surface area contributed by atoms with E-state index in [-0.39, 0.29) is 49.5 Å². The molecule has 1 aliphatic rings. The molecule has 0 aliphatic carbocycles. The van der Waals surface area contributed by atoms with Gasteiger partial charge in [-0.3, -0.25) is 38.4 Å². The summed E-state index contributed by atoms with van der Waals surface area (Å²) in [6, 6.07) is 18.5. The summed E-state index contributed by atoms with van der Waals surface area (Å²) < 4.78 is 0. The number of nitrogens with one attached hydrogen (secondary N) is 10. The van der Waals surface area contributed by atoms with Crippen molar-refractivity contribution >= 4 is 58.2 Å². The molecule has 0 spiro atoms. The van der Waals surface area contributed by atoms with Gasteiger partial charge in [0.2, 0.25) is 47.3 Å². The van der Waals surface area contributed by atoms with Gasteiger partial charge in [-0.2, -0.15) is 0 Å². The molecule has 0 bridgehead atoms. The van der Waals surface area contributed by atoms with Crippen molar-refractivity contribution in [3.63, 3.8) is 0 Å². The number of para-hydroxylation sites is 1. The van der Waals surface area contributed by atoms with Gasteiger partial charge < -0.3 is 62.8 Å². The molecule has 3 aromatic heterocycles. The molecule has 22 nitrogen and oxygen atoms in total. The van der Waals surface area contributed by atoms with Gasteiger partial charge >= 0.3 is 0 Å². The van der Waals surface area contributed by atoms with Crippen LogP contribution in [-0.4, -0.2) is 139 Å². The fraction of sp³-hybridized carbons (Fsp3) is 0.414. The molecule has 3 aromatic carbocycles. The molecule has 9 atom stereocenters. The summed E-state index contributed by atoms with van der Waals surface area (Å²) in [5.41, 5.74) is 10.3. The van der Waals surface area contributed by atoms with Crippen LogP contribution in [-0.2, 0) is 64.0 Å². The molecule has 22 heteroatoms. The number of benzene rings is 3. The van der Waals surface area contributed by atoms with Crippen LogP contribution in [0.25, 0.3) is 10.9 Å². The van der Waals surface area contributed by atoms with E-state index in [1.807, 2.05) is 91.9 Å². The first-order chi connectivity index (χ1) is 38.4. The fourth-order valence-electron chi connectivity index (χ4n) is 9.87. The number of carbonyl (C=O) groups is 8. The molecule has 0 unspecified atom stereocenters. The number of imidazole rings is 2. The molecule has 80 heavy (non-hydrogen) atoms. The lowest BCUT2D eigenvalue weighted by Gasteiger charge is -2.31. The first-order valence-electron chi connectivity index (χ1n) is 27.2. The molecule has 8 amide bonds. The number of carbonyl (C=O) groups excluding carboxylic acids is 8. The van der Waals surface area contributed by atoms with E-state index in [0.717, 1.165) is 22.0 Å². The predicted octanol–water partition coefficient (Wildman–Crippen LogP) is 2.12. The third-order valence-electron chi connectivity index (χ3n) is 14.5. The van der Waals surface area contributed by atoms with Gasteiger partial charge in [-0.1, -0.05) is 99.6 Å². The van der Waals surface area contributed by atoms with Crippen LogP contribution >= 0.6 is 0 Å². The standard InChI is InChI=1S/C58H74N14O8/c1-34(2)51(57(79)67-36(4)53(75)70-49(27-42-30-61-33-65-42)58(80)72-22-14-19-43(72)31-63-46(52(59)74)24-38-15-8-6-9-16-38)71-54(76)37(5)66-55(77)47(25-40-28-62-45-21-13-12-20-44(40)45)69-56(78)48(26-41-29-60-32-64-41)68-50(73)23-35(3)39-17-10-7-11-18-39/h6-13,15-18,20-21,28-30,32-37,43,46-49,51,62-63H,14,19,22-27,31H2,1-5H3,(H2,59,74)(H,60,64)(H,61,65)(H,66,77)(H,67,79)(H,68,73)(H,69,78)(H,70,75)(H,71,76)/t35-,36+,37-,43+,46-,47-,48-,49-,51-/m0/s1. The summed E-state index contributed by atoms with van der Waals surface area (Å²) in [5.74, 6) is -5.33. The number of aromatic nitrogens is 5. The van der Waals surface area contributed by atoms with E-state index in [1.54, 1.807) is 37.3 Å². The van der Waals surface area contributed by atoms with Gasteiger partial charge in [-0.15, -0.1) is 0 Å². The van der Waals surface area contributed by atoms with Crippen molar-refractivity contribution in [1.82, 2.24) is 67.0 Å². The molecule has 7 rings (SSSR count). The maximum absolute atomic E-state index is 14.4. The highest BCUT2D eigenvalue weighted by molar-refractivity contribution is 5.97. The molecule has 1 aliphatic heterocycles. The van der Waals surface area contributed by atoms with Gasteiger partial charge in [0, 0.05) is 85.7 Å². The second-order valence-electron chi connectivity index (χ2n) is 21.0. The Morgan fingerprint density at radius 3 is 1.82 bits per heavy atom. The SMILES string of the molecule is CC(C)[C@H](NC(=O)[C@H](C)NC(=O)[C@H](Cc1c[nH]c2ccccc12)NC(=O)[C@H](Cc1cnc[nH]1)NC(=O)C[C@H](C)c1ccccc1)C(=O)N[C@H](C)C(=O)N[C@@H](Cc1cnc[nH]1)C(=O)N1CCC[C@@H]1CN[C@@H](Cc1ccccc1)C(N)=O. The van der Waals surface area contributed by atoms with Gasteiger partial charge in [0.15, 0.2) is 0 Å². The summed E-state index contributed by atoms with van der Waals surface area (Å²) in [5, 5.41) is 20.8. The summed E-state index contributed by atoms with van der Waals surface area (Å²) >= 11 is 0. The molecule has 0 saturated carbocycles. The Balaban J connectivity index is 0.987. The third-order valence-corrected chi connectivity index (χ3v) is 14.5. The number of hydrogen-bond acceptors (Lipinski definition) is 11. The summed E-state index contributed by atoms with van der Waals surface area (Å²) in [6.07, 6.45) is 9.69. The maximum atomic E-state index is 14.4. The van der Waals surface area contributed by atoms with E-state index in [2.05, 4.69) is 62.1 Å². The number of rotatable bonds is 28. The van der Waals surface area contributed by atoms with E-state index < -0.39 is 83.7 Å². The Kier molecular flexibility index (Phi) is 20.9. The second kappa shape index (κ2) is 28.3. The third kappa shape index (κ3) is 16.4. The molecule has 4 heterocycles. The van der Waals surface area contributed by atoms with Crippen LogP contribution in [0.3, 0.4) is 0 Å². The van der Waals surface area contributed by atoms with Crippen LogP contribution in [0, 0.1) is 5.92 Å². The van der Waals surface area contributed by atoms with Crippen LogP contribution in [0.5, 0.6) is 0 Å². The second-order valence-corrected chi connectivity index (χ2v) is 21.0. The van der Waals surface area contributed by atoms with Gasteiger partial charge in [-0.25, -0.2) is 9.97 Å². The highest BCUT2D eigenvalue weighted by Crippen LogP contribution is 2.22. The summed E-state index contributed by atoms with van der Waals surface area (Å²) in [6.45, 7) is 8.95. The lowest BCUT2D eigenvalue weighted by Crippen LogP contribution is -2.60. The lowest BCUT2D eigenvalue weighted by molar-refractivity contribution is -0.138. The number of H-pyrrole nitrogens is 3. The van der Waals surface area contributed by atoms with Gasteiger partial charge in [0.25, 0.3) is 0 Å². The van der Waals surface area contributed by atoms with E-state index in [1.165, 1.54) is 26.5 Å². The van der Waals surface area contributed by atoms with Crippen molar-refractivity contribution in [3.05, 3.63) is 144 Å². The first kappa shape index (κ1) is 59.0. The highest BCUT2D eigenvalue weighted by atomic mass is 16.2. The molecular weight excluding hydrogens is 1020 g/mol. The average Bonchev–Trinajstić information content (AvgIpc) is 4.33. The Labute approximate surface area is 464 Å². The topological polar surface area (TPSA) is 323 Å². The Morgan fingerprint density at radius 2 is 1.19 bits per heavy atom.